The quantitative estimate of drug-likeness (QED) is 0.0776. The number of benzene rings is 1. The van der Waals surface area contributed by atoms with Crippen molar-refractivity contribution in [2.75, 3.05) is 21.3 Å². The molecule has 4 saturated heterocycles. The molecule has 0 saturated carbocycles. The average molecular weight is 1240 g/mol. The topological polar surface area (TPSA) is 210 Å². The van der Waals surface area contributed by atoms with Gasteiger partial charge in [0.1, 0.15) is 42.2 Å². The third-order valence-electron chi connectivity index (χ3n) is 16.3. The Bertz CT molecular complexity index is 2880. The van der Waals surface area contributed by atoms with Gasteiger partial charge in [-0.1, -0.05) is 114 Å². The normalized spacial score (nSPS) is 32.7. The van der Waals surface area contributed by atoms with Crippen molar-refractivity contribution in [2.45, 2.75) is 189 Å². The van der Waals surface area contributed by atoms with Crippen LogP contribution < -0.4 is 0 Å². The highest BCUT2D eigenvalue weighted by atomic mass is 79.9. The molecule has 0 unspecified atom stereocenters. The van der Waals surface area contributed by atoms with Crippen LogP contribution in [0.2, 0.25) is 0 Å². The number of methoxy groups -OCH3 is 3. The summed E-state index contributed by atoms with van der Waals surface area (Å²) in [7, 11) is 4.01. The van der Waals surface area contributed by atoms with Crippen LogP contribution in [0.25, 0.3) is 12.2 Å². The number of hydrogen-bond donors (Lipinski definition) is 2. The predicted molar refractivity (Wildman–Crippen MR) is 306 cm³/mol. The Morgan fingerprint density at radius 3 is 2.42 bits per heavy atom. The maximum atomic E-state index is 15.0. The Hall–Kier alpha value is -5.33. The molecule has 8 rings (SSSR count). The second-order valence-electron chi connectivity index (χ2n) is 22.6. The Balaban J connectivity index is 1.00. The van der Waals surface area contributed by atoms with Crippen LogP contribution >= 0.6 is 15.9 Å². The van der Waals surface area contributed by atoms with Gasteiger partial charge >= 0.3 is 18.1 Å². The number of aliphatic hydroxyl groups is 2. The van der Waals surface area contributed by atoms with E-state index >= 15 is 13.2 Å². The van der Waals surface area contributed by atoms with Crippen molar-refractivity contribution in [3.63, 3.8) is 0 Å². The van der Waals surface area contributed by atoms with Crippen LogP contribution in [0.5, 0.6) is 0 Å². The molecule has 17 nitrogen and oxygen atoms in total. The largest absolute Gasteiger partial charge is 0.459 e. The standard InChI is InChI=1S/C63H78BrF3N2O15/c1-37(22-23-44(74-6)18-14-24-64)27-51(70)54-32-49(75-7)33-61(73,84-54)34-56-68-43(35-77-56)28-39(3)58-41(5)59-40(4)52(82-58)19-13-20-55-69-50(36-78-55)53-31-48(81-60(72)62(76-8,63(65,66)67)42-15-10-9-11-16-42)30-47(80-53)29-46-26-38(2)25-45(79-46)17-12-21-57(71)83-59/h9-16,20-24,27-28,35-36,40-41,44-49,51-54,58-59,70,73H,2,17-19,25-26,29-34H2,1,3-8H3/b20-13+,21-12-,23-22+,24-14+,37-27+,39-28+/t40-,41-,44+,45-,46+,47-,48+,49+,51+,52+,53+,54+,58-,59-,61-,62-/m0/s1. The number of hydrogen-bond acceptors (Lipinski definition) is 17. The minimum Gasteiger partial charge on any atom is -0.459 e. The fourth-order valence-electron chi connectivity index (χ4n) is 12.1. The first-order valence-corrected chi connectivity index (χ1v) is 29.4. The lowest BCUT2D eigenvalue weighted by Crippen LogP contribution is -2.53. The summed E-state index contributed by atoms with van der Waals surface area (Å²) < 4.78 is 111. The van der Waals surface area contributed by atoms with E-state index < -0.39 is 96.1 Å². The van der Waals surface area contributed by atoms with E-state index in [1.165, 1.54) is 48.9 Å². The molecule has 21 heteroatoms. The van der Waals surface area contributed by atoms with E-state index in [2.05, 4.69) is 22.5 Å². The molecule has 4 fully saturated rings. The van der Waals surface area contributed by atoms with Gasteiger partial charge in [-0.2, -0.15) is 13.2 Å². The zero-order valence-electron chi connectivity index (χ0n) is 48.5. The number of esters is 2. The second kappa shape index (κ2) is 28.9. The van der Waals surface area contributed by atoms with Gasteiger partial charge in [-0.15, -0.1) is 0 Å². The highest BCUT2D eigenvalue weighted by Crippen LogP contribution is 2.45. The molecule has 0 spiro atoms. The van der Waals surface area contributed by atoms with Crippen molar-refractivity contribution in [1.29, 1.82) is 0 Å². The van der Waals surface area contributed by atoms with Crippen molar-refractivity contribution in [3.05, 3.63) is 142 Å². The second-order valence-corrected chi connectivity index (χ2v) is 23.2. The lowest BCUT2D eigenvalue weighted by molar-refractivity contribution is -0.286. The van der Waals surface area contributed by atoms with Crippen LogP contribution in [-0.4, -0.2) is 133 Å². The first kappa shape index (κ1) is 64.7. The number of rotatable bonds is 16. The van der Waals surface area contributed by atoms with Crippen molar-refractivity contribution < 1.29 is 84.4 Å². The molecule has 0 radical (unpaired) electrons. The van der Waals surface area contributed by atoms with Gasteiger partial charge in [0.2, 0.25) is 5.89 Å². The number of ether oxygens (including phenoxy) is 9. The van der Waals surface area contributed by atoms with Gasteiger partial charge in [0, 0.05) is 76.9 Å². The smallest absolute Gasteiger partial charge is 0.432 e. The molecule has 84 heavy (non-hydrogen) atoms. The first-order chi connectivity index (χ1) is 40.1. The SMILES string of the molecule is C=C1C[C@@H]2C[C@H]3C[C@@H](OC(=O)[C@@](OC)(c4ccccc4)C(F)(F)F)C[C@@H](O3)c3coc(n3)/C=C/C[C@H]3O[C@@H](/C(C)=C/c4coc(C[C@]5(O)C[C@H](OC)C[C@H]([C@H](O)/C=C(C)/C=C/[C@@H](C/C=C/Br)OC)O5)n4)[C@H](C)[C@@H](OC(=O)/C=C\C[C@@H](C1)O2)[C@H]3C. The van der Waals surface area contributed by atoms with Crippen LogP contribution in [0.3, 0.4) is 0 Å². The fourth-order valence-corrected chi connectivity index (χ4v) is 12.3. The molecule has 0 amide bonds. The zero-order valence-corrected chi connectivity index (χ0v) is 50.1. The minimum absolute atomic E-state index is 0.0257. The summed E-state index contributed by atoms with van der Waals surface area (Å²) in [5, 5.41) is 23.2. The Labute approximate surface area is 497 Å². The number of fused-ring (bicyclic) bond motifs is 9. The van der Waals surface area contributed by atoms with Gasteiger partial charge in [0.05, 0.1) is 61.4 Å². The number of nitrogens with zero attached hydrogens (tertiary/aromatic N) is 2. The summed E-state index contributed by atoms with van der Waals surface area (Å²) in [4.78, 5) is 38.9. The minimum atomic E-state index is -5.17. The third kappa shape index (κ3) is 16.2. The third-order valence-corrected chi connectivity index (χ3v) is 16.7. The Kier molecular flexibility index (Phi) is 22.3. The molecule has 5 aliphatic heterocycles. The summed E-state index contributed by atoms with van der Waals surface area (Å²) >= 11 is 3.28. The molecule has 0 aliphatic carbocycles. The van der Waals surface area contributed by atoms with E-state index in [-0.39, 0.29) is 61.5 Å². The van der Waals surface area contributed by atoms with E-state index in [0.29, 0.717) is 56.3 Å². The number of aliphatic hydroxyl groups excluding tert-OH is 1. The maximum absolute atomic E-state index is 15.0. The molecule has 16 atom stereocenters. The number of alkyl halides is 3. The Morgan fingerprint density at radius 2 is 1.69 bits per heavy atom. The summed E-state index contributed by atoms with van der Waals surface area (Å²) in [6.07, 6.45) is 9.13. The van der Waals surface area contributed by atoms with Crippen LogP contribution in [0.1, 0.15) is 127 Å². The van der Waals surface area contributed by atoms with E-state index in [1.807, 2.05) is 58.1 Å². The highest BCUT2D eigenvalue weighted by Gasteiger charge is 2.64. The van der Waals surface area contributed by atoms with Crippen LogP contribution in [-0.2, 0) is 64.2 Å². The molecule has 2 aromatic heterocycles. The highest BCUT2D eigenvalue weighted by molar-refractivity contribution is 9.11. The molecule has 458 valence electrons. The molecule has 3 aromatic rings. The van der Waals surface area contributed by atoms with Crippen molar-refractivity contribution in [1.82, 2.24) is 9.97 Å². The van der Waals surface area contributed by atoms with Crippen molar-refractivity contribution >= 4 is 40.0 Å². The molecular formula is C63H78BrF3N2O15. The van der Waals surface area contributed by atoms with Gasteiger partial charge in [-0.3, -0.25) is 0 Å². The molecule has 5 aliphatic rings. The lowest BCUT2D eigenvalue weighted by Gasteiger charge is -2.44. The van der Waals surface area contributed by atoms with Gasteiger partial charge in [0.15, 0.2) is 11.7 Å². The van der Waals surface area contributed by atoms with Crippen LogP contribution in [0.4, 0.5) is 13.2 Å². The monoisotopic (exact) mass is 1240 g/mol. The number of oxazole rings is 2. The number of allylic oxidation sites excluding steroid dienone is 2. The van der Waals surface area contributed by atoms with E-state index in [0.717, 1.165) is 23.8 Å². The summed E-state index contributed by atoms with van der Waals surface area (Å²) in [5.74, 6) is -4.15. The Morgan fingerprint density at radius 1 is 0.929 bits per heavy atom. The number of halogens is 4. The molecule has 2 N–H and O–H groups in total. The first-order valence-electron chi connectivity index (χ1n) is 28.5. The van der Waals surface area contributed by atoms with Gasteiger partial charge in [-0.05, 0) is 68.7 Å². The van der Waals surface area contributed by atoms with E-state index in [9.17, 15) is 19.8 Å². The van der Waals surface area contributed by atoms with Gasteiger partial charge in [-0.25, -0.2) is 19.6 Å². The lowest BCUT2D eigenvalue weighted by atomic mass is 9.79. The van der Waals surface area contributed by atoms with E-state index in [4.69, 9.17) is 61.4 Å². The van der Waals surface area contributed by atoms with Crippen LogP contribution in [0.15, 0.2) is 123 Å². The number of carbonyl (C=O) groups excluding carboxylic acids is 2. The summed E-state index contributed by atoms with van der Waals surface area (Å²) in [5.41, 5.74) is -0.560. The molecular weight excluding hydrogens is 1160 g/mol. The maximum Gasteiger partial charge on any atom is 0.432 e. The predicted octanol–water partition coefficient (Wildman–Crippen LogP) is 11.4. The van der Waals surface area contributed by atoms with Crippen LogP contribution in [0, 0.1) is 11.8 Å². The molecule has 8 bridgehead atoms. The summed E-state index contributed by atoms with van der Waals surface area (Å²) in [6.45, 7) is 12.0. The van der Waals surface area contributed by atoms with Gasteiger partial charge in [0.25, 0.3) is 5.60 Å². The number of aromatic nitrogens is 2. The number of carbonyl (C=O) groups is 2. The molecule has 1 aromatic carbocycles. The van der Waals surface area contributed by atoms with E-state index in [1.54, 1.807) is 37.4 Å². The fraction of sp³-hybridized carbons (Fsp3) is 0.556. The van der Waals surface area contributed by atoms with Crippen molar-refractivity contribution in [2.24, 2.45) is 11.8 Å². The molecule has 7 heterocycles. The summed E-state index contributed by atoms with van der Waals surface area (Å²) in [6, 6.07) is 6.67. The average Bonchev–Trinajstić information content (AvgIpc) is 4.09. The van der Waals surface area contributed by atoms with Gasteiger partial charge < -0.3 is 61.7 Å². The van der Waals surface area contributed by atoms with Crippen molar-refractivity contribution in [3.8, 4) is 0 Å². The zero-order chi connectivity index (χ0) is 60.3.